The number of pyridine rings is 2. The number of benzene rings is 1. The van der Waals surface area contributed by atoms with Gasteiger partial charge in [0, 0.05) is 66.3 Å². The smallest absolute Gasteiger partial charge is 0.257 e. The van der Waals surface area contributed by atoms with E-state index in [1.165, 1.54) is 6.20 Å². The van der Waals surface area contributed by atoms with Crippen LogP contribution >= 0.6 is 15.9 Å². The Bertz CT molecular complexity index is 1350. The lowest BCUT2D eigenvalue weighted by Gasteiger charge is -2.44. The number of aromatic nitrogens is 2. The van der Waals surface area contributed by atoms with Gasteiger partial charge in [-0.15, -0.1) is 0 Å². The van der Waals surface area contributed by atoms with Crippen molar-refractivity contribution in [3.05, 3.63) is 86.5 Å². The van der Waals surface area contributed by atoms with Crippen LogP contribution in [0.1, 0.15) is 45.7 Å². The first-order valence-corrected chi connectivity index (χ1v) is 12.5. The summed E-state index contributed by atoms with van der Waals surface area (Å²) in [6, 6.07) is 12.6. The highest BCUT2D eigenvalue weighted by atomic mass is 79.9. The number of carbonyl (C=O) groups excluding carboxylic acids is 2. The molecule has 5 rings (SSSR count). The van der Waals surface area contributed by atoms with E-state index in [1.807, 2.05) is 29.7 Å². The van der Waals surface area contributed by atoms with Crippen LogP contribution in [-0.2, 0) is 6.54 Å². The fourth-order valence-electron chi connectivity index (χ4n) is 5.14. The predicted octanol–water partition coefficient (Wildman–Crippen LogP) is 3.63. The van der Waals surface area contributed by atoms with Gasteiger partial charge in [0.1, 0.15) is 0 Å². The molecular formula is C26H26BrN5O3. The Labute approximate surface area is 211 Å². The molecule has 0 radical (unpaired) electrons. The van der Waals surface area contributed by atoms with Crippen molar-refractivity contribution >= 4 is 39.1 Å². The first kappa shape index (κ1) is 23.3. The average molecular weight is 536 g/mol. The Hall–Kier alpha value is -3.46. The summed E-state index contributed by atoms with van der Waals surface area (Å²) in [5.41, 5.74) is 3.43. The number of carbonyl (C=O) groups is 2. The van der Waals surface area contributed by atoms with E-state index < -0.39 is 0 Å². The van der Waals surface area contributed by atoms with Gasteiger partial charge in [-0.05, 0) is 65.5 Å². The maximum absolute atomic E-state index is 13.1. The Morgan fingerprint density at radius 2 is 1.91 bits per heavy atom. The summed E-state index contributed by atoms with van der Waals surface area (Å²) >= 11 is 3.36. The SMILES string of the molecule is CCNC(=O)c1ccc(N2C[C@H]3C[C@@H](C2)c2cccc(=O)n2C3)c(NC(=O)c2cncc(Br)c2)c1. The zero-order chi connectivity index (χ0) is 24.5. The maximum atomic E-state index is 13.1. The summed E-state index contributed by atoms with van der Waals surface area (Å²) in [7, 11) is 0. The third-order valence-electron chi connectivity index (χ3n) is 6.63. The summed E-state index contributed by atoms with van der Waals surface area (Å²) in [6.07, 6.45) is 4.16. The van der Waals surface area contributed by atoms with E-state index in [1.54, 1.807) is 30.5 Å². The van der Waals surface area contributed by atoms with Crippen LogP contribution in [0.25, 0.3) is 0 Å². The van der Waals surface area contributed by atoms with E-state index in [2.05, 4.69) is 36.4 Å². The van der Waals surface area contributed by atoms with Gasteiger partial charge in [0.05, 0.1) is 16.9 Å². The molecule has 1 fully saturated rings. The molecule has 8 nitrogen and oxygen atoms in total. The fraction of sp³-hybridized carbons (Fsp3) is 0.308. The summed E-state index contributed by atoms with van der Waals surface area (Å²) in [5.74, 6) is 0.0456. The highest BCUT2D eigenvalue weighted by Crippen LogP contribution is 2.39. The number of rotatable bonds is 5. The standard InChI is InChI=1S/C26H26BrN5O3/c1-2-29-25(34)17-6-7-23(21(10-17)30-26(35)18-9-20(27)12-28-11-18)31-13-16-8-19(15-31)22-4-3-5-24(33)32(22)14-16/h3-7,9-12,16,19H,2,8,13-15H2,1H3,(H,29,34)(H,30,35)/t16-,19+/m1/s1. The monoisotopic (exact) mass is 535 g/mol. The van der Waals surface area contributed by atoms with Crippen molar-refractivity contribution in [3.8, 4) is 0 Å². The number of halogens is 1. The Morgan fingerprint density at radius 1 is 1.06 bits per heavy atom. The average Bonchev–Trinajstić information content (AvgIpc) is 2.85. The van der Waals surface area contributed by atoms with Crippen molar-refractivity contribution in [1.29, 1.82) is 0 Å². The van der Waals surface area contributed by atoms with Gasteiger partial charge in [0.2, 0.25) is 0 Å². The number of nitrogens with one attached hydrogen (secondary N) is 2. The topological polar surface area (TPSA) is 96.3 Å². The normalized spacial score (nSPS) is 18.5. The molecule has 9 heteroatoms. The zero-order valence-corrected chi connectivity index (χ0v) is 20.9. The number of amides is 2. The molecule has 2 amide bonds. The Morgan fingerprint density at radius 3 is 2.71 bits per heavy atom. The minimum atomic E-state index is -0.304. The molecule has 180 valence electrons. The molecule has 0 unspecified atom stereocenters. The van der Waals surface area contributed by atoms with E-state index >= 15 is 0 Å². The molecule has 35 heavy (non-hydrogen) atoms. The number of nitrogens with zero attached hydrogens (tertiary/aromatic N) is 3. The highest BCUT2D eigenvalue weighted by Gasteiger charge is 2.35. The van der Waals surface area contributed by atoms with Crippen molar-refractivity contribution in [2.75, 3.05) is 29.9 Å². The van der Waals surface area contributed by atoms with Crippen LogP contribution < -0.4 is 21.1 Å². The number of hydrogen-bond donors (Lipinski definition) is 2. The molecule has 3 aromatic rings. The quantitative estimate of drug-likeness (QED) is 0.520. The summed E-state index contributed by atoms with van der Waals surface area (Å²) in [5, 5.41) is 5.82. The molecular weight excluding hydrogens is 510 g/mol. The number of piperidine rings is 1. The van der Waals surface area contributed by atoms with Crippen LogP contribution in [0, 0.1) is 5.92 Å². The molecule has 2 N–H and O–H groups in total. The Kier molecular flexibility index (Phi) is 6.42. The van der Waals surface area contributed by atoms with Crippen LogP contribution in [-0.4, -0.2) is 41.0 Å². The molecule has 0 spiro atoms. The van der Waals surface area contributed by atoms with Crippen LogP contribution in [0.5, 0.6) is 0 Å². The molecule has 2 bridgehead atoms. The third-order valence-corrected chi connectivity index (χ3v) is 7.07. The van der Waals surface area contributed by atoms with Gasteiger partial charge in [-0.25, -0.2) is 0 Å². The van der Waals surface area contributed by atoms with Gasteiger partial charge in [-0.2, -0.15) is 0 Å². The van der Waals surface area contributed by atoms with Crippen LogP contribution in [0.2, 0.25) is 0 Å². The van der Waals surface area contributed by atoms with Gasteiger partial charge >= 0.3 is 0 Å². The third kappa shape index (κ3) is 4.73. The van der Waals surface area contributed by atoms with Gasteiger partial charge in [-0.1, -0.05) is 6.07 Å². The second-order valence-electron chi connectivity index (χ2n) is 9.04. The van der Waals surface area contributed by atoms with Gasteiger partial charge in [-0.3, -0.25) is 19.4 Å². The van der Waals surface area contributed by atoms with Crippen molar-refractivity contribution in [2.24, 2.45) is 5.92 Å². The molecule has 0 saturated carbocycles. The lowest BCUT2D eigenvalue weighted by atomic mass is 9.83. The molecule has 1 saturated heterocycles. The predicted molar refractivity (Wildman–Crippen MR) is 138 cm³/mol. The van der Waals surface area contributed by atoms with Crippen LogP contribution in [0.15, 0.2) is 64.1 Å². The fourth-order valence-corrected chi connectivity index (χ4v) is 5.50. The lowest BCUT2D eigenvalue weighted by Crippen LogP contribution is -2.47. The van der Waals surface area contributed by atoms with Gasteiger partial charge < -0.3 is 20.1 Å². The van der Waals surface area contributed by atoms with E-state index in [4.69, 9.17) is 0 Å². The highest BCUT2D eigenvalue weighted by molar-refractivity contribution is 9.10. The minimum absolute atomic E-state index is 0.0486. The summed E-state index contributed by atoms with van der Waals surface area (Å²) in [4.78, 5) is 44.3. The maximum Gasteiger partial charge on any atom is 0.257 e. The first-order valence-electron chi connectivity index (χ1n) is 11.7. The second-order valence-corrected chi connectivity index (χ2v) is 9.96. The van der Waals surface area contributed by atoms with E-state index in [-0.39, 0.29) is 23.3 Å². The van der Waals surface area contributed by atoms with Crippen molar-refractivity contribution < 1.29 is 9.59 Å². The molecule has 2 aromatic heterocycles. The molecule has 2 atom stereocenters. The summed E-state index contributed by atoms with van der Waals surface area (Å²) < 4.78 is 2.61. The zero-order valence-electron chi connectivity index (χ0n) is 19.3. The number of anilines is 2. The lowest BCUT2D eigenvalue weighted by molar-refractivity contribution is 0.0954. The number of fused-ring (bicyclic) bond motifs is 4. The van der Waals surface area contributed by atoms with Crippen LogP contribution in [0.4, 0.5) is 11.4 Å². The molecule has 1 aromatic carbocycles. The molecule has 4 heterocycles. The van der Waals surface area contributed by atoms with E-state index in [0.717, 1.165) is 30.9 Å². The van der Waals surface area contributed by atoms with Crippen molar-refractivity contribution in [3.63, 3.8) is 0 Å². The molecule has 2 aliphatic heterocycles. The van der Waals surface area contributed by atoms with Crippen molar-refractivity contribution in [2.45, 2.75) is 25.8 Å². The first-order chi connectivity index (χ1) is 16.9. The van der Waals surface area contributed by atoms with Crippen LogP contribution in [0.3, 0.4) is 0 Å². The van der Waals surface area contributed by atoms with Gasteiger partial charge in [0.15, 0.2) is 0 Å². The number of hydrogen-bond acceptors (Lipinski definition) is 5. The van der Waals surface area contributed by atoms with E-state index in [9.17, 15) is 14.4 Å². The molecule has 0 aliphatic carbocycles. The Balaban J connectivity index is 1.49. The summed E-state index contributed by atoms with van der Waals surface area (Å²) in [6.45, 7) is 4.55. The van der Waals surface area contributed by atoms with Crippen molar-refractivity contribution in [1.82, 2.24) is 14.9 Å². The van der Waals surface area contributed by atoms with Gasteiger partial charge in [0.25, 0.3) is 17.4 Å². The largest absolute Gasteiger partial charge is 0.369 e. The van der Waals surface area contributed by atoms with E-state index in [0.29, 0.717) is 40.3 Å². The molecule has 2 aliphatic rings. The minimum Gasteiger partial charge on any atom is -0.369 e. The second kappa shape index (κ2) is 9.65.